The number of carbonyl (C=O) groups is 3. The van der Waals surface area contributed by atoms with Crippen LogP contribution >= 0.6 is 0 Å². The number of nitro groups is 1. The van der Waals surface area contributed by atoms with Gasteiger partial charge in [-0.15, -0.1) is 0 Å². The number of amides is 4. The van der Waals surface area contributed by atoms with Gasteiger partial charge in [-0.25, -0.2) is 9.42 Å². The van der Waals surface area contributed by atoms with Crippen LogP contribution in [0, 0.1) is 10.1 Å². The summed E-state index contributed by atoms with van der Waals surface area (Å²) in [6.07, 6.45) is 0. The minimum absolute atomic E-state index is 0. The Hall–Kier alpha value is -2.37. The fraction of sp³-hybridized carbons (Fsp3) is 0.100. The quantitative estimate of drug-likeness (QED) is 0.307. The van der Waals surface area contributed by atoms with E-state index in [0.717, 1.165) is 6.07 Å². The summed E-state index contributed by atoms with van der Waals surface area (Å²) in [5.41, 5.74) is -0.592. The summed E-state index contributed by atoms with van der Waals surface area (Å²) < 4.78 is 4.44. The predicted octanol–water partition coefficient (Wildman–Crippen LogP) is -1.07. The minimum atomic E-state index is -1.38. The van der Waals surface area contributed by atoms with Crippen molar-refractivity contribution in [1.82, 2.24) is 20.9 Å². The third kappa shape index (κ3) is 2.45. The fourth-order valence-electron chi connectivity index (χ4n) is 2.05. The van der Waals surface area contributed by atoms with Crippen molar-refractivity contribution in [3.63, 3.8) is 0 Å². The third-order valence-electron chi connectivity index (χ3n) is 2.93. The Morgan fingerprint density at radius 2 is 1.68 bits per heavy atom. The zero-order chi connectivity index (χ0) is 15.1. The van der Waals surface area contributed by atoms with E-state index in [9.17, 15) is 24.5 Å². The van der Waals surface area contributed by atoms with Gasteiger partial charge in [0.25, 0.3) is 0 Å². The molecule has 0 bridgehead atoms. The second-order valence-electron chi connectivity index (χ2n) is 4.13. The van der Waals surface area contributed by atoms with Crippen LogP contribution in [0.15, 0.2) is 16.8 Å². The van der Waals surface area contributed by atoms with Crippen LogP contribution in [0.2, 0.25) is 0 Å². The third-order valence-corrected chi connectivity index (χ3v) is 2.93. The molecule has 0 radical (unpaired) electrons. The average molecular weight is 315 g/mol. The number of fused-ring (bicyclic) bond motifs is 1. The summed E-state index contributed by atoms with van der Waals surface area (Å²) >= 11 is 0. The maximum absolute atomic E-state index is 11.8. The molecule has 1 aliphatic heterocycles. The van der Waals surface area contributed by atoms with E-state index in [-0.39, 0.29) is 51.8 Å². The summed E-state index contributed by atoms with van der Waals surface area (Å²) in [5.74, 6) is -3.10. The number of hydrogen-bond acceptors (Lipinski definition) is 8. The molecule has 1 saturated heterocycles. The second-order valence-corrected chi connectivity index (χ2v) is 4.13. The van der Waals surface area contributed by atoms with Gasteiger partial charge in [0.1, 0.15) is 11.4 Å². The standard InChI is InChI=1S/C10H5N5O6.Na.H/c16-8-5(9(17)12-10(18)11-8)3-1-2-4(15(19)20)7-6(3)13-21-14-7;;/h1-2,5H,(H2,11,12,16,17,18);;. The molecule has 108 valence electrons. The van der Waals surface area contributed by atoms with Gasteiger partial charge in [0, 0.05) is 11.6 Å². The number of imide groups is 2. The second kappa shape index (κ2) is 5.79. The van der Waals surface area contributed by atoms with Crippen LogP contribution in [0.3, 0.4) is 0 Å². The van der Waals surface area contributed by atoms with E-state index >= 15 is 0 Å². The summed E-state index contributed by atoms with van der Waals surface area (Å²) in [5, 5.41) is 21.6. The van der Waals surface area contributed by atoms with Crippen molar-refractivity contribution >= 4 is 64.1 Å². The summed E-state index contributed by atoms with van der Waals surface area (Å²) in [7, 11) is 0. The Bertz CT molecular complexity index is 797. The van der Waals surface area contributed by atoms with Crippen molar-refractivity contribution in [2.75, 3.05) is 0 Å². The summed E-state index contributed by atoms with van der Waals surface area (Å²) in [4.78, 5) is 44.8. The number of aromatic nitrogens is 2. The van der Waals surface area contributed by atoms with E-state index in [2.05, 4.69) is 14.9 Å². The first-order valence-electron chi connectivity index (χ1n) is 5.54. The fourth-order valence-corrected chi connectivity index (χ4v) is 2.05. The number of nitrogens with one attached hydrogen (secondary N) is 2. The van der Waals surface area contributed by atoms with E-state index in [1.54, 1.807) is 0 Å². The zero-order valence-corrected chi connectivity index (χ0v) is 10.0. The number of non-ortho nitro benzene ring substituents is 1. The van der Waals surface area contributed by atoms with E-state index in [1.165, 1.54) is 6.07 Å². The Balaban J connectivity index is 0.00000176. The normalized spacial score (nSPS) is 15.2. The van der Waals surface area contributed by atoms with Gasteiger partial charge in [0.15, 0.2) is 0 Å². The van der Waals surface area contributed by atoms with Gasteiger partial charge in [0.2, 0.25) is 17.3 Å². The molecule has 1 fully saturated rings. The van der Waals surface area contributed by atoms with Crippen molar-refractivity contribution in [1.29, 1.82) is 0 Å². The van der Waals surface area contributed by atoms with Crippen molar-refractivity contribution in [3.05, 3.63) is 27.8 Å². The molecule has 2 N–H and O–H groups in total. The van der Waals surface area contributed by atoms with Crippen LogP contribution in [-0.2, 0) is 9.59 Å². The zero-order valence-electron chi connectivity index (χ0n) is 10.0. The molecule has 0 unspecified atom stereocenters. The molecule has 0 atom stereocenters. The first kappa shape index (κ1) is 16.0. The molecule has 1 aliphatic rings. The predicted molar refractivity (Wildman–Crippen MR) is 70.0 cm³/mol. The molecule has 12 heteroatoms. The number of nitrogens with zero attached hydrogens (tertiary/aromatic N) is 3. The van der Waals surface area contributed by atoms with E-state index < -0.39 is 28.7 Å². The van der Waals surface area contributed by atoms with Crippen LogP contribution in [0.5, 0.6) is 0 Å². The molecule has 2 aromatic rings. The molecule has 11 nitrogen and oxygen atoms in total. The topological polar surface area (TPSA) is 157 Å². The molecular formula is C10H6N5NaO6. The Kier molecular flexibility index (Phi) is 4.21. The number of rotatable bonds is 2. The molecule has 1 aromatic carbocycles. The van der Waals surface area contributed by atoms with Gasteiger partial charge in [-0.2, -0.15) is 0 Å². The molecule has 0 saturated carbocycles. The Morgan fingerprint density at radius 1 is 1.09 bits per heavy atom. The average Bonchev–Trinajstić information content (AvgIpc) is 2.86. The number of hydrogen-bond donors (Lipinski definition) is 2. The summed E-state index contributed by atoms with van der Waals surface area (Å²) in [6, 6.07) is 1.35. The molecule has 2 heterocycles. The number of carbonyl (C=O) groups excluding carboxylic acids is 3. The van der Waals surface area contributed by atoms with Gasteiger partial charge < -0.3 is 0 Å². The molecule has 1 aromatic heterocycles. The van der Waals surface area contributed by atoms with Gasteiger partial charge in [-0.3, -0.25) is 30.3 Å². The van der Waals surface area contributed by atoms with Crippen molar-refractivity contribution in [2.45, 2.75) is 5.92 Å². The number of nitro benzene ring substituents is 1. The number of urea groups is 1. The van der Waals surface area contributed by atoms with E-state index in [1.807, 2.05) is 10.6 Å². The van der Waals surface area contributed by atoms with Crippen LogP contribution in [0.25, 0.3) is 11.0 Å². The first-order valence-corrected chi connectivity index (χ1v) is 5.54. The Morgan fingerprint density at radius 3 is 2.27 bits per heavy atom. The number of barbiturate groups is 1. The van der Waals surface area contributed by atoms with Crippen molar-refractivity contribution < 1.29 is 23.9 Å². The first-order chi connectivity index (χ1) is 9.99. The monoisotopic (exact) mass is 315 g/mol. The maximum atomic E-state index is 11.8. The molecule has 22 heavy (non-hydrogen) atoms. The van der Waals surface area contributed by atoms with Gasteiger partial charge in [-0.1, -0.05) is 0 Å². The van der Waals surface area contributed by atoms with Crippen LogP contribution < -0.4 is 10.6 Å². The molecule has 3 rings (SSSR count). The van der Waals surface area contributed by atoms with Crippen LogP contribution in [-0.4, -0.2) is 62.6 Å². The summed E-state index contributed by atoms with van der Waals surface area (Å²) in [6.45, 7) is 0. The van der Waals surface area contributed by atoms with Crippen LogP contribution in [0.4, 0.5) is 10.5 Å². The molecule has 4 amide bonds. The SMILES string of the molecule is O=C1NC(=O)C(c2ccc([N+](=O)[O-])c3nonc23)C(=O)N1.[NaH]. The van der Waals surface area contributed by atoms with Gasteiger partial charge >= 0.3 is 41.3 Å². The molecular weight excluding hydrogens is 309 g/mol. The number of benzene rings is 1. The van der Waals surface area contributed by atoms with Gasteiger partial charge in [-0.05, 0) is 16.4 Å². The molecule has 0 spiro atoms. The van der Waals surface area contributed by atoms with Gasteiger partial charge in [0.05, 0.1) is 4.92 Å². The van der Waals surface area contributed by atoms with Crippen LogP contribution in [0.1, 0.15) is 11.5 Å². The van der Waals surface area contributed by atoms with E-state index in [4.69, 9.17) is 0 Å². The van der Waals surface area contributed by atoms with Crippen molar-refractivity contribution in [2.24, 2.45) is 0 Å². The van der Waals surface area contributed by atoms with E-state index in [0.29, 0.717) is 0 Å². The van der Waals surface area contributed by atoms with Crippen molar-refractivity contribution in [3.8, 4) is 0 Å². The Labute approximate surface area is 142 Å². The molecule has 0 aliphatic carbocycles.